The van der Waals surface area contributed by atoms with Crippen molar-refractivity contribution in [1.29, 1.82) is 0 Å². The van der Waals surface area contributed by atoms with Gasteiger partial charge in [0.25, 0.3) is 0 Å². The van der Waals surface area contributed by atoms with Crippen LogP contribution in [0.1, 0.15) is 25.0 Å². The van der Waals surface area contributed by atoms with Gasteiger partial charge in [-0.1, -0.05) is 43.0 Å². The molecule has 1 heteroatoms. The van der Waals surface area contributed by atoms with Gasteiger partial charge in [0.2, 0.25) is 0 Å². The molecule has 0 bridgehead atoms. The molecule has 18 heavy (non-hydrogen) atoms. The predicted molar refractivity (Wildman–Crippen MR) is 82.1 cm³/mol. The third kappa shape index (κ3) is 3.56. The van der Waals surface area contributed by atoms with E-state index in [0.717, 1.165) is 16.7 Å². The fourth-order valence-electron chi connectivity index (χ4n) is 1.76. The van der Waals surface area contributed by atoms with Crippen molar-refractivity contribution >= 4 is 12.3 Å². The van der Waals surface area contributed by atoms with Crippen molar-refractivity contribution in [1.82, 2.24) is 0 Å². The van der Waals surface area contributed by atoms with Gasteiger partial charge >= 0.3 is 0 Å². The lowest BCUT2D eigenvalue weighted by Crippen LogP contribution is -1.92. The lowest BCUT2D eigenvalue weighted by Gasteiger charge is -2.08. The molecule has 0 saturated heterocycles. The van der Waals surface area contributed by atoms with Gasteiger partial charge < -0.3 is 0 Å². The maximum absolute atomic E-state index is 4.14. The van der Waals surface area contributed by atoms with E-state index in [4.69, 9.17) is 0 Å². The van der Waals surface area contributed by atoms with Crippen LogP contribution in [0.4, 0.5) is 0 Å². The number of benzene rings is 1. The van der Waals surface area contributed by atoms with Crippen LogP contribution in [0.5, 0.6) is 0 Å². The van der Waals surface area contributed by atoms with Crippen molar-refractivity contribution in [2.75, 3.05) is 7.05 Å². The van der Waals surface area contributed by atoms with Crippen molar-refractivity contribution in [3.8, 4) is 0 Å². The molecular formula is C17H21N. The Labute approximate surface area is 110 Å². The Bertz CT molecular complexity index is 516. The van der Waals surface area contributed by atoms with E-state index in [2.05, 4.69) is 55.8 Å². The van der Waals surface area contributed by atoms with E-state index in [-0.39, 0.29) is 0 Å². The topological polar surface area (TPSA) is 12.4 Å². The molecule has 0 fully saturated rings. The Morgan fingerprint density at radius 3 is 2.50 bits per heavy atom. The summed E-state index contributed by atoms with van der Waals surface area (Å²) in [5.74, 6) is 0. The second-order valence-corrected chi connectivity index (χ2v) is 4.29. The van der Waals surface area contributed by atoms with Crippen LogP contribution in [-0.2, 0) is 0 Å². The zero-order chi connectivity index (χ0) is 13.5. The molecule has 1 aromatic rings. The lowest BCUT2D eigenvalue weighted by atomic mass is 9.98. The van der Waals surface area contributed by atoms with E-state index in [0.29, 0.717) is 0 Å². The van der Waals surface area contributed by atoms with Crippen LogP contribution in [0.2, 0.25) is 0 Å². The van der Waals surface area contributed by atoms with Crippen LogP contribution in [0.3, 0.4) is 0 Å². The fourth-order valence-corrected chi connectivity index (χ4v) is 1.76. The van der Waals surface area contributed by atoms with E-state index in [1.54, 1.807) is 7.05 Å². The summed E-state index contributed by atoms with van der Waals surface area (Å²) in [4.78, 5) is 4.05. The maximum atomic E-state index is 4.14. The van der Waals surface area contributed by atoms with Crippen molar-refractivity contribution in [3.05, 3.63) is 64.8 Å². The standard InChI is InChI=1S/C17H21N/c1-6-16(12-18-5)15(4)14(3)11-17-10-8-7-9-13(17)2/h6-12H,4H2,1-3,5H3/b14-11+,16-6+,18-12-. The summed E-state index contributed by atoms with van der Waals surface area (Å²) in [6.07, 6.45) is 6.05. The third-order valence-corrected chi connectivity index (χ3v) is 2.96. The molecule has 1 nitrogen and oxygen atoms in total. The zero-order valence-electron chi connectivity index (χ0n) is 11.7. The Morgan fingerprint density at radius 2 is 1.94 bits per heavy atom. The van der Waals surface area contributed by atoms with E-state index >= 15 is 0 Å². The molecule has 0 saturated carbocycles. The van der Waals surface area contributed by atoms with Crippen LogP contribution in [0, 0.1) is 6.92 Å². The van der Waals surface area contributed by atoms with Crippen molar-refractivity contribution < 1.29 is 0 Å². The average molecular weight is 239 g/mol. The minimum Gasteiger partial charge on any atom is -0.296 e. The maximum Gasteiger partial charge on any atom is 0.0283 e. The van der Waals surface area contributed by atoms with E-state index in [1.165, 1.54) is 11.1 Å². The molecule has 0 atom stereocenters. The molecule has 0 aromatic heterocycles. The molecule has 0 heterocycles. The number of rotatable bonds is 4. The van der Waals surface area contributed by atoms with Crippen LogP contribution < -0.4 is 0 Å². The minimum atomic E-state index is 1.02. The summed E-state index contributed by atoms with van der Waals surface area (Å²) in [6.45, 7) is 10.3. The molecule has 0 aliphatic rings. The molecular weight excluding hydrogens is 218 g/mol. The molecule has 0 aliphatic heterocycles. The summed E-state index contributed by atoms with van der Waals surface area (Å²) >= 11 is 0. The highest BCUT2D eigenvalue weighted by Crippen LogP contribution is 2.20. The van der Waals surface area contributed by atoms with Crippen LogP contribution >= 0.6 is 0 Å². The largest absolute Gasteiger partial charge is 0.296 e. The number of aliphatic imine (C=N–C) groups is 1. The van der Waals surface area contributed by atoms with Gasteiger partial charge in [-0.05, 0) is 48.6 Å². The monoisotopic (exact) mass is 239 g/mol. The van der Waals surface area contributed by atoms with Gasteiger partial charge in [0.1, 0.15) is 0 Å². The molecule has 0 N–H and O–H groups in total. The first-order chi connectivity index (χ1) is 8.60. The van der Waals surface area contributed by atoms with Crippen LogP contribution in [0.25, 0.3) is 6.08 Å². The van der Waals surface area contributed by atoms with Gasteiger partial charge in [0.15, 0.2) is 0 Å². The van der Waals surface area contributed by atoms with E-state index < -0.39 is 0 Å². The third-order valence-electron chi connectivity index (χ3n) is 2.96. The highest BCUT2D eigenvalue weighted by Gasteiger charge is 2.02. The molecule has 0 radical (unpaired) electrons. The van der Waals surface area contributed by atoms with Gasteiger partial charge in [-0.25, -0.2) is 0 Å². The second kappa shape index (κ2) is 6.75. The summed E-state index contributed by atoms with van der Waals surface area (Å²) in [5.41, 5.74) is 5.76. The molecule has 94 valence electrons. The number of hydrogen-bond donors (Lipinski definition) is 0. The predicted octanol–water partition coefficient (Wildman–Crippen LogP) is 4.60. The molecule has 1 rings (SSSR count). The Kier molecular flexibility index (Phi) is 5.31. The van der Waals surface area contributed by atoms with Crippen molar-refractivity contribution in [3.63, 3.8) is 0 Å². The first kappa shape index (κ1) is 14.2. The SMILES string of the molecule is C=C(C(/C=N\C)=C/C)/C(C)=C/c1ccccc1C. The summed E-state index contributed by atoms with van der Waals surface area (Å²) in [7, 11) is 1.77. The number of hydrogen-bond acceptors (Lipinski definition) is 1. The lowest BCUT2D eigenvalue weighted by molar-refractivity contribution is 1.38. The Balaban J connectivity index is 3.04. The van der Waals surface area contributed by atoms with Crippen molar-refractivity contribution in [2.45, 2.75) is 20.8 Å². The molecule has 0 spiro atoms. The molecule has 0 aliphatic carbocycles. The highest BCUT2D eigenvalue weighted by atomic mass is 14.6. The first-order valence-electron chi connectivity index (χ1n) is 6.12. The highest BCUT2D eigenvalue weighted by molar-refractivity contribution is 5.87. The normalized spacial score (nSPS) is 13.1. The Morgan fingerprint density at radius 1 is 1.28 bits per heavy atom. The summed E-state index contributed by atoms with van der Waals surface area (Å²) in [5, 5.41) is 0. The first-order valence-corrected chi connectivity index (χ1v) is 6.12. The van der Waals surface area contributed by atoms with E-state index in [1.807, 2.05) is 19.2 Å². The number of aryl methyl sites for hydroxylation is 1. The number of allylic oxidation sites excluding steroid dienone is 4. The van der Waals surface area contributed by atoms with Gasteiger partial charge in [0.05, 0.1) is 0 Å². The summed E-state index contributed by atoms with van der Waals surface area (Å²) < 4.78 is 0. The Hall–Kier alpha value is -1.89. The van der Waals surface area contributed by atoms with Gasteiger partial charge in [-0.15, -0.1) is 0 Å². The van der Waals surface area contributed by atoms with Crippen molar-refractivity contribution in [2.24, 2.45) is 4.99 Å². The summed E-state index contributed by atoms with van der Waals surface area (Å²) in [6, 6.07) is 8.35. The van der Waals surface area contributed by atoms with E-state index in [9.17, 15) is 0 Å². The van der Waals surface area contributed by atoms with Crippen LogP contribution in [-0.4, -0.2) is 13.3 Å². The molecule has 1 aromatic carbocycles. The number of nitrogens with zero attached hydrogens (tertiary/aromatic N) is 1. The van der Waals surface area contributed by atoms with Crippen LogP contribution in [0.15, 0.2) is 58.6 Å². The quantitative estimate of drug-likeness (QED) is 0.538. The second-order valence-electron chi connectivity index (χ2n) is 4.29. The zero-order valence-corrected chi connectivity index (χ0v) is 11.7. The average Bonchev–Trinajstić information content (AvgIpc) is 2.37. The van der Waals surface area contributed by atoms with Gasteiger partial charge in [-0.2, -0.15) is 0 Å². The minimum absolute atomic E-state index is 1.02. The molecule has 0 unspecified atom stereocenters. The molecule has 0 amide bonds. The fraction of sp³-hybridized carbons (Fsp3) is 0.235. The smallest absolute Gasteiger partial charge is 0.0283 e. The van der Waals surface area contributed by atoms with Gasteiger partial charge in [-0.3, -0.25) is 4.99 Å². The van der Waals surface area contributed by atoms with Gasteiger partial charge in [0, 0.05) is 13.3 Å².